The van der Waals surface area contributed by atoms with Crippen molar-refractivity contribution in [2.75, 3.05) is 0 Å². The highest BCUT2D eigenvalue weighted by Gasteiger charge is 2.29. The molecule has 73 valence electrons. The molecule has 0 N–H and O–H groups in total. The van der Waals surface area contributed by atoms with Gasteiger partial charge in [-0.15, -0.1) is 0 Å². The van der Waals surface area contributed by atoms with Crippen LogP contribution in [0.3, 0.4) is 0 Å². The van der Waals surface area contributed by atoms with Crippen LogP contribution in [-0.2, 0) is 0 Å². The minimum atomic E-state index is 0.379. The smallest absolute Gasteiger partial charge is 0.0303 e. The molecule has 1 radical (unpaired) electrons. The van der Waals surface area contributed by atoms with Crippen LogP contribution in [0.5, 0.6) is 0 Å². The van der Waals surface area contributed by atoms with Crippen LogP contribution in [0.15, 0.2) is 0 Å². The van der Waals surface area contributed by atoms with Gasteiger partial charge in [0.25, 0.3) is 0 Å². The summed E-state index contributed by atoms with van der Waals surface area (Å²) in [6, 6.07) is 0. The summed E-state index contributed by atoms with van der Waals surface area (Å²) >= 11 is 0. The van der Waals surface area contributed by atoms with E-state index >= 15 is 0 Å². The molecule has 0 aromatic heterocycles. The summed E-state index contributed by atoms with van der Waals surface area (Å²) in [6.07, 6.45) is 1.31. The topological polar surface area (TPSA) is 0 Å². The van der Waals surface area contributed by atoms with Crippen molar-refractivity contribution in [2.24, 2.45) is 23.2 Å². The van der Waals surface area contributed by atoms with Crippen molar-refractivity contribution in [3.63, 3.8) is 0 Å². The highest BCUT2D eigenvalue weighted by atomic mass is 14.3. The van der Waals surface area contributed by atoms with E-state index in [1.165, 1.54) is 6.42 Å². The van der Waals surface area contributed by atoms with Crippen LogP contribution in [0, 0.1) is 30.1 Å². The molecule has 0 aliphatic rings. The minimum absolute atomic E-state index is 0.379. The number of hydrogen-bond acceptors (Lipinski definition) is 0. The van der Waals surface area contributed by atoms with Crippen LogP contribution in [0.25, 0.3) is 0 Å². The average Bonchev–Trinajstić information content (AvgIpc) is 1.85. The number of rotatable bonds is 4. The van der Waals surface area contributed by atoms with E-state index in [4.69, 9.17) is 0 Å². The Morgan fingerprint density at radius 1 is 1.08 bits per heavy atom. The maximum atomic E-state index is 4.14. The molecular weight excluding hydrogens is 144 g/mol. The van der Waals surface area contributed by atoms with Gasteiger partial charge >= 0.3 is 0 Å². The van der Waals surface area contributed by atoms with Crippen LogP contribution in [0.2, 0.25) is 0 Å². The van der Waals surface area contributed by atoms with Crippen molar-refractivity contribution in [3.05, 3.63) is 6.92 Å². The monoisotopic (exact) mass is 169 g/mol. The molecule has 2 unspecified atom stereocenters. The second kappa shape index (κ2) is 4.30. The molecule has 0 heteroatoms. The quantitative estimate of drug-likeness (QED) is 0.592. The van der Waals surface area contributed by atoms with E-state index in [9.17, 15) is 0 Å². The Morgan fingerprint density at radius 2 is 1.50 bits per heavy atom. The zero-order valence-electron chi connectivity index (χ0n) is 9.65. The van der Waals surface area contributed by atoms with Gasteiger partial charge in [-0.25, -0.2) is 0 Å². The van der Waals surface area contributed by atoms with Crippen LogP contribution < -0.4 is 0 Å². The molecule has 2 atom stereocenters. The lowest BCUT2D eigenvalue weighted by atomic mass is 9.69. The highest BCUT2D eigenvalue weighted by Crippen LogP contribution is 2.37. The Bertz CT molecular complexity index is 120. The third-order valence-electron chi connectivity index (χ3n) is 3.37. The Morgan fingerprint density at radius 3 is 1.75 bits per heavy atom. The number of hydrogen-bond donors (Lipinski definition) is 0. The van der Waals surface area contributed by atoms with Crippen molar-refractivity contribution in [3.8, 4) is 0 Å². The fourth-order valence-electron chi connectivity index (χ4n) is 1.50. The summed E-state index contributed by atoms with van der Waals surface area (Å²) in [5, 5.41) is 0. The third kappa shape index (κ3) is 3.16. The Labute approximate surface area is 78.8 Å². The van der Waals surface area contributed by atoms with Crippen molar-refractivity contribution in [1.82, 2.24) is 0 Å². The Balaban J connectivity index is 4.15. The van der Waals surface area contributed by atoms with Gasteiger partial charge in [-0.1, -0.05) is 41.5 Å². The van der Waals surface area contributed by atoms with Crippen molar-refractivity contribution >= 4 is 0 Å². The fraction of sp³-hybridized carbons (Fsp3) is 0.917. The maximum absolute atomic E-state index is 4.14. The predicted octanol–water partition coefficient (Wildman–Crippen LogP) is 4.16. The van der Waals surface area contributed by atoms with Crippen LogP contribution in [-0.4, -0.2) is 0 Å². The standard InChI is InChI=1S/C12H25/c1-9(2)8-11(5)12(6,7)10(3)4/h9-11H,3,8H2,1-2,4-7H3. The third-order valence-corrected chi connectivity index (χ3v) is 3.37. The first kappa shape index (κ1) is 12.0. The molecule has 0 heterocycles. The first-order chi connectivity index (χ1) is 5.28. The molecule has 0 aromatic carbocycles. The highest BCUT2D eigenvalue weighted by molar-refractivity contribution is 4.82. The molecule has 0 rings (SSSR count). The van der Waals surface area contributed by atoms with E-state index in [-0.39, 0.29) is 0 Å². The molecule has 0 aromatic rings. The predicted molar refractivity (Wildman–Crippen MR) is 56.9 cm³/mol. The van der Waals surface area contributed by atoms with E-state index < -0.39 is 0 Å². The molecule has 0 spiro atoms. The van der Waals surface area contributed by atoms with Gasteiger partial charge < -0.3 is 0 Å². The van der Waals surface area contributed by atoms with E-state index in [0.29, 0.717) is 11.3 Å². The van der Waals surface area contributed by atoms with Crippen molar-refractivity contribution in [2.45, 2.75) is 48.0 Å². The molecule has 0 saturated carbocycles. The van der Waals surface area contributed by atoms with E-state index in [1.54, 1.807) is 0 Å². The summed E-state index contributed by atoms with van der Waals surface area (Å²) in [4.78, 5) is 0. The molecule has 12 heavy (non-hydrogen) atoms. The fourth-order valence-corrected chi connectivity index (χ4v) is 1.50. The largest absolute Gasteiger partial charge is 0.0628 e. The van der Waals surface area contributed by atoms with Gasteiger partial charge in [-0.05, 0) is 36.5 Å². The zero-order chi connectivity index (χ0) is 9.94. The molecule has 0 aliphatic heterocycles. The van der Waals surface area contributed by atoms with Gasteiger partial charge in [0.15, 0.2) is 0 Å². The van der Waals surface area contributed by atoms with Gasteiger partial charge in [0.05, 0.1) is 0 Å². The van der Waals surface area contributed by atoms with Crippen LogP contribution in [0.4, 0.5) is 0 Å². The normalized spacial score (nSPS) is 15.8. The summed E-state index contributed by atoms with van der Waals surface area (Å²) in [5.74, 6) is 2.11. The van der Waals surface area contributed by atoms with E-state index in [1.807, 2.05) is 0 Å². The Hall–Kier alpha value is 0. The molecule has 0 fully saturated rings. The van der Waals surface area contributed by atoms with Crippen molar-refractivity contribution < 1.29 is 0 Å². The maximum Gasteiger partial charge on any atom is -0.0303 e. The van der Waals surface area contributed by atoms with Gasteiger partial charge in [0, 0.05) is 0 Å². The Kier molecular flexibility index (Phi) is 4.30. The molecule has 0 aliphatic carbocycles. The molecule has 0 bridgehead atoms. The molecule has 0 nitrogen and oxygen atoms in total. The molecule has 0 amide bonds. The SMILES string of the molecule is [CH2]C(C)C(C)(C)C(C)CC(C)C. The van der Waals surface area contributed by atoms with E-state index in [2.05, 4.69) is 48.5 Å². The lowest BCUT2D eigenvalue weighted by Gasteiger charge is -2.36. The zero-order valence-corrected chi connectivity index (χ0v) is 9.65. The van der Waals surface area contributed by atoms with Gasteiger partial charge in [0.2, 0.25) is 0 Å². The van der Waals surface area contributed by atoms with Gasteiger partial charge in [-0.2, -0.15) is 0 Å². The van der Waals surface area contributed by atoms with Crippen LogP contribution >= 0.6 is 0 Å². The minimum Gasteiger partial charge on any atom is -0.0628 e. The lowest BCUT2D eigenvalue weighted by molar-refractivity contribution is 0.146. The van der Waals surface area contributed by atoms with Gasteiger partial charge in [-0.3, -0.25) is 0 Å². The molecular formula is C12H25. The van der Waals surface area contributed by atoms with Crippen molar-refractivity contribution in [1.29, 1.82) is 0 Å². The van der Waals surface area contributed by atoms with Gasteiger partial charge in [0.1, 0.15) is 0 Å². The second-order valence-electron chi connectivity index (χ2n) is 5.25. The lowest BCUT2D eigenvalue weighted by Crippen LogP contribution is -2.28. The first-order valence-electron chi connectivity index (χ1n) is 5.11. The summed E-state index contributed by atoms with van der Waals surface area (Å²) < 4.78 is 0. The summed E-state index contributed by atoms with van der Waals surface area (Å²) in [5.41, 5.74) is 0.379. The second-order valence-corrected chi connectivity index (χ2v) is 5.25. The summed E-state index contributed by atoms with van der Waals surface area (Å²) in [7, 11) is 0. The van der Waals surface area contributed by atoms with Crippen LogP contribution in [0.1, 0.15) is 48.0 Å². The average molecular weight is 169 g/mol. The summed E-state index contributed by atoms with van der Waals surface area (Å²) in [6.45, 7) is 18.0. The van der Waals surface area contributed by atoms with E-state index in [0.717, 1.165) is 11.8 Å². The molecule has 0 saturated heterocycles. The first-order valence-corrected chi connectivity index (χ1v) is 5.11.